The molecule has 2 aliphatic rings. The Morgan fingerprint density at radius 2 is 1.89 bits per heavy atom. The minimum absolute atomic E-state index is 0.0721. The van der Waals surface area contributed by atoms with Gasteiger partial charge in [0.2, 0.25) is 0 Å². The summed E-state index contributed by atoms with van der Waals surface area (Å²) in [6, 6.07) is 3.52. The quantitative estimate of drug-likeness (QED) is 0.736. The van der Waals surface area contributed by atoms with E-state index in [4.69, 9.17) is 0 Å². The van der Waals surface area contributed by atoms with Crippen molar-refractivity contribution in [3.8, 4) is 0 Å². The van der Waals surface area contributed by atoms with Crippen molar-refractivity contribution in [1.29, 1.82) is 0 Å². The van der Waals surface area contributed by atoms with E-state index in [-0.39, 0.29) is 12.0 Å². The van der Waals surface area contributed by atoms with Crippen LogP contribution in [0.3, 0.4) is 0 Å². The van der Waals surface area contributed by atoms with E-state index in [1.165, 1.54) is 0 Å². The van der Waals surface area contributed by atoms with Crippen molar-refractivity contribution >= 4 is 17.4 Å². The molecule has 2 aliphatic heterocycles. The molecular weight excluding hydrogens is 373 g/mol. The molecule has 2 fully saturated rings. The average Bonchev–Trinajstić information content (AvgIpc) is 3.27. The summed E-state index contributed by atoms with van der Waals surface area (Å²) >= 11 is 1.99. The standard InChI is InChI=1S/C19H25F3N4S/c1-12(2)14-10-17(19(20,21)22)26-18(23-14)11-15(24-26)16-4-3-7-25(16)13-5-8-27-9-6-13/h10-13,16H,3-9H2,1-2H3. The Hall–Kier alpha value is -1.28. The van der Waals surface area contributed by atoms with Crippen molar-refractivity contribution in [3.63, 3.8) is 0 Å². The first kappa shape index (κ1) is 19.1. The Morgan fingerprint density at radius 1 is 1.15 bits per heavy atom. The van der Waals surface area contributed by atoms with E-state index in [0.717, 1.165) is 60.0 Å². The lowest BCUT2D eigenvalue weighted by Crippen LogP contribution is -2.37. The van der Waals surface area contributed by atoms with Gasteiger partial charge in [-0.1, -0.05) is 13.8 Å². The largest absolute Gasteiger partial charge is 0.433 e. The van der Waals surface area contributed by atoms with Crippen LogP contribution in [0.2, 0.25) is 0 Å². The second-order valence-corrected chi connectivity index (χ2v) is 9.02. The molecule has 4 rings (SSSR count). The highest BCUT2D eigenvalue weighted by atomic mass is 32.2. The summed E-state index contributed by atoms with van der Waals surface area (Å²) in [5.41, 5.74) is 0.745. The molecule has 1 unspecified atom stereocenters. The fraction of sp³-hybridized carbons (Fsp3) is 0.684. The van der Waals surface area contributed by atoms with E-state index in [0.29, 0.717) is 17.4 Å². The molecule has 0 amide bonds. The second-order valence-electron chi connectivity index (χ2n) is 7.80. The van der Waals surface area contributed by atoms with Crippen LogP contribution in [0.4, 0.5) is 13.2 Å². The van der Waals surface area contributed by atoms with Gasteiger partial charge in [0.25, 0.3) is 0 Å². The molecule has 4 heterocycles. The molecule has 1 atom stereocenters. The number of fused-ring (bicyclic) bond motifs is 1. The number of hydrogen-bond donors (Lipinski definition) is 0. The van der Waals surface area contributed by atoms with Gasteiger partial charge in [-0.25, -0.2) is 9.50 Å². The van der Waals surface area contributed by atoms with Crippen molar-refractivity contribution in [2.45, 2.75) is 63.7 Å². The van der Waals surface area contributed by atoms with E-state index >= 15 is 0 Å². The van der Waals surface area contributed by atoms with Crippen LogP contribution >= 0.6 is 11.8 Å². The number of thioether (sulfide) groups is 1. The molecule has 0 N–H and O–H groups in total. The molecule has 0 radical (unpaired) electrons. The third-order valence-electron chi connectivity index (χ3n) is 5.64. The predicted molar refractivity (Wildman–Crippen MR) is 101 cm³/mol. The molecule has 0 aromatic carbocycles. The van der Waals surface area contributed by atoms with Crippen LogP contribution in [0.25, 0.3) is 5.65 Å². The lowest BCUT2D eigenvalue weighted by Gasteiger charge is -2.34. The molecule has 148 valence electrons. The Balaban J connectivity index is 1.74. The number of likely N-dealkylation sites (tertiary alicyclic amines) is 1. The van der Waals surface area contributed by atoms with Crippen molar-refractivity contribution in [2.24, 2.45) is 0 Å². The maximum Gasteiger partial charge on any atom is 0.433 e. The lowest BCUT2D eigenvalue weighted by atomic mass is 10.1. The van der Waals surface area contributed by atoms with Crippen LogP contribution in [0.15, 0.2) is 12.1 Å². The zero-order valence-electron chi connectivity index (χ0n) is 15.7. The van der Waals surface area contributed by atoms with Gasteiger partial charge in [0.05, 0.1) is 11.7 Å². The highest BCUT2D eigenvalue weighted by Crippen LogP contribution is 2.38. The van der Waals surface area contributed by atoms with Gasteiger partial charge in [-0.3, -0.25) is 4.90 Å². The number of halogens is 3. The van der Waals surface area contributed by atoms with E-state index < -0.39 is 11.9 Å². The lowest BCUT2D eigenvalue weighted by molar-refractivity contribution is -0.142. The predicted octanol–water partition coefficient (Wildman–Crippen LogP) is 4.90. The summed E-state index contributed by atoms with van der Waals surface area (Å²) in [6.07, 6.45) is -0.134. The number of nitrogens with zero attached hydrogens (tertiary/aromatic N) is 4. The van der Waals surface area contributed by atoms with Crippen LogP contribution < -0.4 is 0 Å². The highest BCUT2D eigenvalue weighted by Gasteiger charge is 2.37. The van der Waals surface area contributed by atoms with Crippen LogP contribution in [-0.2, 0) is 6.18 Å². The Labute approximate surface area is 161 Å². The molecular formula is C19H25F3N4S. The molecule has 0 spiro atoms. The summed E-state index contributed by atoms with van der Waals surface area (Å²) < 4.78 is 41.8. The SMILES string of the molecule is CC(C)c1cc(C(F)(F)F)n2nc(C3CCCN3C3CCSCC3)cc2n1. The minimum Gasteiger partial charge on any atom is -0.292 e. The van der Waals surface area contributed by atoms with Gasteiger partial charge in [-0.2, -0.15) is 30.0 Å². The van der Waals surface area contributed by atoms with E-state index in [9.17, 15) is 13.2 Å². The Bertz CT molecular complexity index is 811. The summed E-state index contributed by atoms with van der Waals surface area (Å²) in [5, 5.41) is 4.39. The van der Waals surface area contributed by atoms with E-state index in [1.807, 2.05) is 25.6 Å². The average molecular weight is 398 g/mol. The second kappa shape index (κ2) is 7.28. The molecule has 4 nitrogen and oxygen atoms in total. The number of aromatic nitrogens is 3. The first-order valence-corrected chi connectivity index (χ1v) is 10.8. The maximum absolute atomic E-state index is 13.6. The van der Waals surface area contributed by atoms with Crippen LogP contribution in [0.5, 0.6) is 0 Å². The normalized spacial score (nSPS) is 23.0. The van der Waals surface area contributed by atoms with Gasteiger partial charge in [-0.05, 0) is 55.7 Å². The van der Waals surface area contributed by atoms with Gasteiger partial charge in [0.1, 0.15) is 5.69 Å². The monoisotopic (exact) mass is 398 g/mol. The fourth-order valence-corrected chi connectivity index (χ4v) is 5.31. The topological polar surface area (TPSA) is 33.4 Å². The number of hydrogen-bond acceptors (Lipinski definition) is 4. The molecule has 0 aliphatic carbocycles. The third-order valence-corrected chi connectivity index (χ3v) is 6.69. The smallest absolute Gasteiger partial charge is 0.292 e. The summed E-state index contributed by atoms with van der Waals surface area (Å²) in [5.74, 6) is 2.25. The van der Waals surface area contributed by atoms with Crippen molar-refractivity contribution < 1.29 is 13.2 Å². The van der Waals surface area contributed by atoms with Crippen LogP contribution in [0.1, 0.15) is 68.6 Å². The summed E-state index contributed by atoms with van der Waals surface area (Å²) in [6.45, 7) is 4.72. The molecule has 0 saturated carbocycles. The summed E-state index contributed by atoms with van der Waals surface area (Å²) in [4.78, 5) is 6.93. The number of rotatable bonds is 3. The van der Waals surface area contributed by atoms with Crippen LogP contribution in [-0.4, -0.2) is 43.6 Å². The van der Waals surface area contributed by atoms with Crippen molar-refractivity contribution in [3.05, 3.63) is 29.2 Å². The molecule has 8 heteroatoms. The van der Waals surface area contributed by atoms with Crippen LogP contribution in [0, 0.1) is 0 Å². The van der Waals surface area contributed by atoms with Crippen molar-refractivity contribution in [1.82, 2.24) is 19.5 Å². The van der Waals surface area contributed by atoms with E-state index in [1.54, 1.807) is 6.07 Å². The van der Waals surface area contributed by atoms with Gasteiger partial charge in [0.15, 0.2) is 5.65 Å². The fourth-order valence-electron chi connectivity index (χ4n) is 4.23. The maximum atomic E-state index is 13.6. The molecule has 2 saturated heterocycles. The molecule has 27 heavy (non-hydrogen) atoms. The molecule has 0 bridgehead atoms. The van der Waals surface area contributed by atoms with Crippen molar-refractivity contribution in [2.75, 3.05) is 18.1 Å². The van der Waals surface area contributed by atoms with E-state index in [2.05, 4.69) is 15.0 Å². The Morgan fingerprint density at radius 3 is 2.56 bits per heavy atom. The first-order chi connectivity index (χ1) is 12.8. The summed E-state index contributed by atoms with van der Waals surface area (Å²) in [7, 11) is 0. The Kier molecular flexibility index (Phi) is 5.14. The zero-order chi connectivity index (χ0) is 19.2. The van der Waals surface area contributed by atoms with Gasteiger partial charge < -0.3 is 0 Å². The zero-order valence-corrected chi connectivity index (χ0v) is 16.5. The minimum atomic E-state index is -4.45. The van der Waals surface area contributed by atoms with Gasteiger partial charge in [0, 0.05) is 17.8 Å². The molecule has 2 aromatic rings. The van der Waals surface area contributed by atoms with Gasteiger partial charge in [-0.15, -0.1) is 0 Å². The number of alkyl halides is 3. The van der Waals surface area contributed by atoms with Gasteiger partial charge >= 0.3 is 6.18 Å². The first-order valence-electron chi connectivity index (χ1n) is 9.66. The molecule has 2 aromatic heterocycles. The highest BCUT2D eigenvalue weighted by molar-refractivity contribution is 7.99. The third kappa shape index (κ3) is 3.70.